The first-order valence-electron chi connectivity index (χ1n) is 7.82. The molecule has 20 heavy (non-hydrogen) atoms. The van der Waals surface area contributed by atoms with Crippen molar-refractivity contribution < 1.29 is 9.59 Å². The van der Waals surface area contributed by atoms with Gasteiger partial charge in [0.1, 0.15) is 11.6 Å². The van der Waals surface area contributed by atoms with Gasteiger partial charge in [0.05, 0.1) is 0 Å². The predicted molar refractivity (Wildman–Crippen MR) is 81.2 cm³/mol. The maximum absolute atomic E-state index is 12.8. The summed E-state index contributed by atoms with van der Waals surface area (Å²) >= 11 is 0. The van der Waals surface area contributed by atoms with Crippen LogP contribution >= 0.6 is 0 Å². The molecule has 0 aromatic rings. The van der Waals surface area contributed by atoms with Gasteiger partial charge in [0.15, 0.2) is 0 Å². The average molecular weight is 282 g/mol. The van der Waals surface area contributed by atoms with Crippen molar-refractivity contribution in [2.24, 2.45) is 11.8 Å². The Bertz CT molecular complexity index is 373. The Morgan fingerprint density at radius 2 is 1.65 bits per heavy atom. The Balaban J connectivity index is 3.18. The number of hydrogen-bond donors (Lipinski definition) is 1. The second-order valence-corrected chi connectivity index (χ2v) is 6.83. The van der Waals surface area contributed by atoms with Crippen LogP contribution in [0.25, 0.3) is 0 Å². The Kier molecular flexibility index (Phi) is 5.22. The molecule has 1 aliphatic heterocycles. The van der Waals surface area contributed by atoms with Gasteiger partial charge in [-0.05, 0) is 32.6 Å². The van der Waals surface area contributed by atoms with E-state index in [-0.39, 0.29) is 29.8 Å². The first kappa shape index (κ1) is 17.0. The smallest absolute Gasteiger partial charge is 0.248 e. The first-order chi connectivity index (χ1) is 9.17. The van der Waals surface area contributed by atoms with Crippen molar-refractivity contribution in [2.45, 2.75) is 78.9 Å². The van der Waals surface area contributed by atoms with Crippen LogP contribution in [0, 0.1) is 11.8 Å². The van der Waals surface area contributed by atoms with E-state index in [1.54, 1.807) is 13.8 Å². The molecule has 4 nitrogen and oxygen atoms in total. The summed E-state index contributed by atoms with van der Waals surface area (Å²) in [5.41, 5.74) is -0.803. The molecular formula is C16H30N2O2. The molecule has 0 aromatic carbocycles. The zero-order chi connectivity index (χ0) is 15.7. The number of amides is 2. The second kappa shape index (κ2) is 6.15. The molecule has 4 heteroatoms. The Morgan fingerprint density at radius 1 is 1.15 bits per heavy atom. The molecule has 1 rings (SSSR count). The molecule has 2 unspecified atom stereocenters. The average Bonchev–Trinajstić information content (AvgIpc) is 2.33. The Labute approximate surface area is 123 Å². The summed E-state index contributed by atoms with van der Waals surface area (Å²) in [6.45, 7) is 14.0. The highest BCUT2D eigenvalue weighted by Crippen LogP contribution is 2.29. The van der Waals surface area contributed by atoms with Crippen molar-refractivity contribution in [2.75, 3.05) is 0 Å². The van der Waals surface area contributed by atoms with Crippen molar-refractivity contribution in [3.05, 3.63) is 0 Å². The minimum absolute atomic E-state index is 0.0255. The molecule has 2 atom stereocenters. The van der Waals surface area contributed by atoms with Crippen LogP contribution in [0.3, 0.4) is 0 Å². The molecule has 116 valence electrons. The highest BCUT2D eigenvalue weighted by atomic mass is 16.2. The highest BCUT2D eigenvalue weighted by Gasteiger charge is 2.48. The zero-order valence-electron chi connectivity index (χ0n) is 14.0. The number of hydrogen-bond acceptors (Lipinski definition) is 2. The van der Waals surface area contributed by atoms with E-state index in [0.29, 0.717) is 5.92 Å². The molecule has 0 bridgehead atoms. The molecule has 1 N–H and O–H groups in total. The standard InChI is InChI=1S/C16H30N2O2/c1-8-12(9-2)11(5)18-13(10(3)4)14(19)17-16(6,7)15(18)20/h10-13H,8-9H2,1-7H3,(H,17,19). The van der Waals surface area contributed by atoms with Crippen LogP contribution < -0.4 is 5.32 Å². The lowest BCUT2D eigenvalue weighted by Crippen LogP contribution is -2.71. The summed E-state index contributed by atoms with van der Waals surface area (Å²) < 4.78 is 0. The van der Waals surface area contributed by atoms with Gasteiger partial charge in [0, 0.05) is 6.04 Å². The number of rotatable bonds is 5. The van der Waals surface area contributed by atoms with Crippen LogP contribution in [0.5, 0.6) is 0 Å². The van der Waals surface area contributed by atoms with Crippen LogP contribution in [0.15, 0.2) is 0 Å². The normalized spacial score (nSPS) is 24.2. The lowest BCUT2D eigenvalue weighted by molar-refractivity contribution is -0.159. The van der Waals surface area contributed by atoms with Crippen molar-refractivity contribution in [1.82, 2.24) is 10.2 Å². The molecule has 0 saturated carbocycles. The maximum Gasteiger partial charge on any atom is 0.248 e. The number of nitrogens with one attached hydrogen (secondary N) is 1. The van der Waals surface area contributed by atoms with E-state index < -0.39 is 5.54 Å². The minimum Gasteiger partial charge on any atom is -0.340 e. The van der Waals surface area contributed by atoms with Gasteiger partial charge in [-0.2, -0.15) is 0 Å². The van der Waals surface area contributed by atoms with Crippen molar-refractivity contribution in [3.8, 4) is 0 Å². The molecule has 0 radical (unpaired) electrons. The third kappa shape index (κ3) is 2.99. The minimum atomic E-state index is -0.803. The van der Waals surface area contributed by atoms with Gasteiger partial charge < -0.3 is 10.2 Å². The molecule has 0 aromatic heterocycles. The molecule has 1 fully saturated rings. The first-order valence-corrected chi connectivity index (χ1v) is 7.82. The van der Waals surface area contributed by atoms with Crippen LogP contribution in [0.1, 0.15) is 61.3 Å². The summed E-state index contributed by atoms with van der Waals surface area (Å²) in [5, 5.41) is 2.87. The van der Waals surface area contributed by atoms with E-state index in [9.17, 15) is 9.59 Å². The second-order valence-electron chi connectivity index (χ2n) is 6.83. The largest absolute Gasteiger partial charge is 0.340 e. The Morgan fingerprint density at radius 3 is 2.05 bits per heavy atom. The zero-order valence-corrected chi connectivity index (χ0v) is 14.0. The molecule has 1 heterocycles. The summed E-state index contributed by atoms with van der Waals surface area (Å²) in [7, 11) is 0. The number of nitrogens with zero attached hydrogens (tertiary/aromatic N) is 1. The van der Waals surface area contributed by atoms with E-state index in [0.717, 1.165) is 12.8 Å². The summed E-state index contributed by atoms with van der Waals surface area (Å²) in [6.07, 6.45) is 2.04. The molecule has 1 saturated heterocycles. The van der Waals surface area contributed by atoms with E-state index in [2.05, 4.69) is 26.1 Å². The van der Waals surface area contributed by atoms with Crippen LogP contribution in [0.4, 0.5) is 0 Å². The van der Waals surface area contributed by atoms with Crippen LogP contribution in [-0.2, 0) is 9.59 Å². The van der Waals surface area contributed by atoms with E-state index in [1.807, 2.05) is 18.7 Å². The molecule has 0 aliphatic carbocycles. The van der Waals surface area contributed by atoms with Gasteiger partial charge in [-0.15, -0.1) is 0 Å². The number of carbonyl (C=O) groups excluding carboxylic acids is 2. The fourth-order valence-corrected chi connectivity index (χ4v) is 3.27. The fraction of sp³-hybridized carbons (Fsp3) is 0.875. The third-order valence-corrected chi connectivity index (χ3v) is 4.57. The van der Waals surface area contributed by atoms with Crippen molar-refractivity contribution in [3.63, 3.8) is 0 Å². The predicted octanol–water partition coefficient (Wildman–Crippen LogP) is 2.57. The van der Waals surface area contributed by atoms with Gasteiger partial charge in [0.2, 0.25) is 11.8 Å². The number of piperazine rings is 1. The van der Waals surface area contributed by atoms with Gasteiger partial charge in [-0.3, -0.25) is 9.59 Å². The lowest BCUT2D eigenvalue weighted by Gasteiger charge is -2.48. The lowest BCUT2D eigenvalue weighted by atomic mass is 9.86. The van der Waals surface area contributed by atoms with Crippen molar-refractivity contribution in [1.29, 1.82) is 0 Å². The van der Waals surface area contributed by atoms with Gasteiger partial charge in [-0.25, -0.2) is 0 Å². The van der Waals surface area contributed by atoms with E-state index in [1.165, 1.54) is 0 Å². The molecule has 1 aliphatic rings. The van der Waals surface area contributed by atoms with E-state index >= 15 is 0 Å². The SMILES string of the molecule is CCC(CC)C(C)N1C(=O)C(C)(C)NC(=O)C1C(C)C. The molecular weight excluding hydrogens is 252 g/mol. The summed E-state index contributed by atoms with van der Waals surface area (Å²) in [5.74, 6) is 0.561. The van der Waals surface area contributed by atoms with Gasteiger partial charge >= 0.3 is 0 Å². The summed E-state index contributed by atoms with van der Waals surface area (Å²) in [4.78, 5) is 27.1. The van der Waals surface area contributed by atoms with Crippen LogP contribution in [-0.4, -0.2) is 34.3 Å². The quantitative estimate of drug-likeness (QED) is 0.842. The summed E-state index contributed by atoms with van der Waals surface area (Å²) in [6, 6.07) is -0.263. The molecule has 2 amide bonds. The fourth-order valence-electron chi connectivity index (χ4n) is 3.27. The van der Waals surface area contributed by atoms with E-state index in [4.69, 9.17) is 0 Å². The molecule has 0 spiro atoms. The van der Waals surface area contributed by atoms with Crippen LogP contribution in [0.2, 0.25) is 0 Å². The van der Waals surface area contributed by atoms with Crippen molar-refractivity contribution >= 4 is 11.8 Å². The maximum atomic E-state index is 12.8. The van der Waals surface area contributed by atoms with Gasteiger partial charge in [-0.1, -0.05) is 40.5 Å². The monoisotopic (exact) mass is 282 g/mol. The highest BCUT2D eigenvalue weighted by molar-refractivity contribution is 5.99. The topological polar surface area (TPSA) is 49.4 Å². The Hall–Kier alpha value is -1.06. The van der Waals surface area contributed by atoms with Gasteiger partial charge in [0.25, 0.3) is 0 Å². The number of carbonyl (C=O) groups is 2. The third-order valence-electron chi connectivity index (χ3n) is 4.57.